The quantitative estimate of drug-likeness (QED) is 0.293. The van der Waals surface area contributed by atoms with Gasteiger partial charge in [0.2, 0.25) is 5.88 Å². The Labute approximate surface area is 224 Å². The minimum atomic E-state index is -0.382. The first-order valence-electron chi connectivity index (χ1n) is 12.7. The van der Waals surface area contributed by atoms with Gasteiger partial charge in [-0.25, -0.2) is 9.67 Å². The zero-order valence-corrected chi connectivity index (χ0v) is 21.5. The van der Waals surface area contributed by atoms with Gasteiger partial charge in [0.15, 0.2) is 6.19 Å². The summed E-state index contributed by atoms with van der Waals surface area (Å²) in [6.07, 6.45) is 6.58. The van der Waals surface area contributed by atoms with Crippen LogP contribution in [-0.2, 0) is 0 Å². The Morgan fingerprint density at radius 2 is 1.95 bits per heavy atom. The summed E-state index contributed by atoms with van der Waals surface area (Å²) in [5.41, 5.74) is 5.93. The smallest absolute Gasteiger partial charge is 0.201 e. The molecular formula is C28H25N9O2. The summed E-state index contributed by atoms with van der Waals surface area (Å²) < 4.78 is 15.2. The summed E-state index contributed by atoms with van der Waals surface area (Å²) in [6.45, 7) is 5.37. The number of likely N-dealkylation sites (tertiary alicyclic amines) is 1. The largest absolute Gasteiger partial charge is 0.471 e. The van der Waals surface area contributed by atoms with Crippen molar-refractivity contribution in [1.82, 2.24) is 34.4 Å². The maximum absolute atomic E-state index is 9.75. The lowest BCUT2D eigenvalue weighted by Crippen LogP contribution is -2.31. The molecule has 0 amide bonds. The molecule has 0 aliphatic carbocycles. The van der Waals surface area contributed by atoms with E-state index in [1.165, 1.54) is 12.5 Å². The molecule has 0 radical (unpaired) electrons. The van der Waals surface area contributed by atoms with E-state index in [1.807, 2.05) is 61.0 Å². The number of nitrogens with zero attached hydrogens (tertiary/aromatic N) is 9. The number of hydrogen-bond donors (Lipinski definition) is 0. The molecule has 0 N–H and O–H groups in total. The third-order valence-corrected chi connectivity index (χ3v) is 7.25. The zero-order chi connectivity index (χ0) is 26.9. The van der Waals surface area contributed by atoms with Crippen LogP contribution in [0.25, 0.3) is 28.2 Å². The Morgan fingerprint density at radius 3 is 2.69 bits per heavy atom. The third-order valence-electron chi connectivity index (χ3n) is 7.25. The van der Waals surface area contributed by atoms with Crippen molar-refractivity contribution in [3.05, 3.63) is 71.9 Å². The van der Waals surface area contributed by atoms with Crippen molar-refractivity contribution in [3.63, 3.8) is 0 Å². The van der Waals surface area contributed by atoms with Crippen LogP contribution in [0.3, 0.4) is 0 Å². The van der Waals surface area contributed by atoms with E-state index in [2.05, 4.69) is 32.7 Å². The van der Waals surface area contributed by atoms with E-state index < -0.39 is 0 Å². The highest BCUT2D eigenvalue weighted by molar-refractivity contribution is 5.69. The molecule has 1 unspecified atom stereocenters. The van der Waals surface area contributed by atoms with Crippen LogP contribution in [0.15, 0.2) is 59.4 Å². The van der Waals surface area contributed by atoms with Crippen LogP contribution in [-0.4, -0.2) is 47.5 Å². The molecule has 0 bridgehead atoms. The number of aromatic nitrogens is 6. The molecule has 194 valence electrons. The number of ether oxygens (including phenoxy) is 1. The molecule has 11 heteroatoms. The SMILES string of the molecule is Cc1c(-c2cc(OC(C)c3ccccc3-c3ccon3)n3c(C#N)cnc3c2)nnn1C1CCN(C#N)CC1. The van der Waals surface area contributed by atoms with Crippen molar-refractivity contribution in [1.29, 1.82) is 10.5 Å². The Hall–Kier alpha value is -5.16. The second-order valence-electron chi connectivity index (χ2n) is 9.55. The normalized spacial score (nSPS) is 14.7. The molecular weight excluding hydrogens is 494 g/mol. The fourth-order valence-corrected chi connectivity index (χ4v) is 5.23. The molecule has 4 aromatic heterocycles. The minimum absolute atomic E-state index is 0.181. The van der Waals surface area contributed by atoms with E-state index >= 15 is 0 Å². The second kappa shape index (κ2) is 9.95. The summed E-state index contributed by atoms with van der Waals surface area (Å²) in [5.74, 6) is 0.468. The number of rotatable bonds is 6. The van der Waals surface area contributed by atoms with E-state index in [0.29, 0.717) is 36.0 Å². The van der Waals surface area contributed by atoms with Gasteiger partial charge in [0.05, 0.1) is 17.9 Å². The van der Waals surface area contributed by atoms with E-state index in [1.54, 1.807) is 9.30 Å². The van der Waals surface area contributed by atoms with E-state index in [9.17, 15) is 10.5 Å². The highest BCUT2D eigenvalue weighted by Crippen LogP contribution is 2.34. The van der Waals surface area contributed by atoms with E-state index in [-0.39, 0.29) is 12.1 Å². The van der Waals surface area contributed by atoms with Gasteiger partial charge in [-0.05, 0) is 32.8 Å². The number of fused-ring (bicyclic) bond motifs is 1. The molecule has 0 spiro atoms. The van der Waals surface area contributed by atoms with Crippen molar-refractivity contribution in [2.75, 3.05) is 13.1 Å². The Morgan fingerprint density at radius 1 is 1.13 bits per heavy atom. The van der Waals surface area contributed by atoms with Crippen molar-refractivity contribution in [2.24, 2.45) is 0 Å². The van der Waals surface area contributed by atoms with Crippen molar-refractivity contribution in [3.8, 4) is 40.7 Å². The predicted octanol–water partition coefficient (Wildman–Crippen LogP) is 4.69. The number of pyridine rings is 1. The fraction of sp³-hybridized carbons (Fsp3) is 0.286. The van der Waals surface area contributed by atoms with Crippen molar-refractivity contribution < 1.29 is 9.26 Å². The van der Waals surface area contributed by atoms with Crippen LogP contribution >= 0.6 is 0 Å². The summed E-state index contributed by atoms with van der Waals surface area (Å²) in [6, 6.07) is 15.8. The van der Waals surface area contributed by atoms with Gasteiger partial charge in [-0.2, -0.15) is 10.5 Å². The van der Waals surface area contributed by atoms with Crippen LogP contribution in [0, 0.1) is 29.7 Å². The maximum atomic E-state index is 9.75. The second-order valence-corrected chi connectivity index (χ2v) is 9.55. The number of imidazole rings is 1. The number of hydrogen-bond acceptors (Lipinski definition) is 9. The van der Waals surface area contributed by atoms with Gasteiger partial charge in [0.1, 0.15) is 41.2 Å². The minimum Gasteiger partial charge on any atom is -0.471 e. The highest BCUT2D eigenvalue weighted by Gasteiger charge is 2.25. The molecule has 1 atom stereocenters. The van der Waals surface area contributed by atoms with Crippen LogP contribution in [0.1, 0.15) is 48.9 Å². The predicted molar refractivity (Wildman–Crippen MR) is 140 cm³/mol. The van der Waals surface area contributed by atoms with Gasteiger partial charge in [-0.1, -0.05) is 34.6 Å². The van der Waals surface area contributed by atoms with Crippen molar-refractivity contribution >= 4 is 5.65 Å². The standard InChI is InChI=1S/C28H25N9O2/c1-18-28(32-34-37(18)21-7-10-35(17-30)11-8-21)20-13-26-31-16-22(15-29)36(26)27(14-20)39-19(2)23-5-3-4-6-24(23)25-9-12-38-33-25/h3-6,9,12-14,16,19,21H,7-8,10-11H2,1-2H3. The molecule has 0 saturated carbocycles. The van der Waals surface area contributed by atoms with Gasteiger partial charge < -0.3 is 14.2 Å². The molecule has 5 heterocycles. The average molecular weight is 520 g/mol. The van der Waals surface area contributed by atoms with Gasteiger partial charge in [-0.15, -0.1) is 5.10 Å². The number of nitriles is 2. The van der Waals surface area contributed by atoms with E-state index in [0.717, 1.165) is 40.9 Å². The molecule has 39 heavy (non-hydrogen) atoms. The molecule has 1 aromatic carbocycles. The van der Waals surface area contributed by atoms with Crippen LogP contribution in [0.2, 0.25) is 0 Å². The zero-order valence-electron chi connectivity index (χ0n) is 21.5. The summed E-state index contributed by atoms with van der Waals surface area (Å²) in [4.78, 5) is 6.24. The fourth-order valence-electron chi connectivity index (χ4n) is 5.23. The number of benzene rings is 1. The average Bonchev–Trinajstić information content (AvgIpc) is 3.73. The summed E-state index contributed by atoms with van der Waals surface area (Å²) in [5, 5.41) is 32.0. The topological polar surface area (TPSA) is 134 Å². The van der Waals surface area contributed by atoms with Crippen LogP contribution in [0.5, 0.6) is 5.88 Å². The van der Waals surface area contributed by atoms with E-state index in [4.69, 9.17) is 9.26 Å². The third kappa shape index (κ3) is 4.34. The van der Waals surface area contributed by atoms with Gasteiger partial charge in [0.25, 0.3) is 0 Å². The van der Waals surface area contributed by atoms with Gasteiger partial charge in [-0.3, -0.25) is 4.40 Å². The number of piperidine rings is 1. The molecule has 1 saturated heterocycles. The lowest BCUT2D eigenvalue weighted by molar-refractivity contribution is 0.215. The summed E-state index contributed by atoms with van der Waals surface area (Å²) in [7, 11) is 0. The molecule has 1 aliphatic rings. The van der Waals surface area contributed by atoms with Crippen molar-refractivity contribution in [2.45, 2.75) is 38.8 Å². The lowest BCUT2D eigenvalue weighted by atomic mass is 10.0. The maximum Gasteiger partial charge on any atom is 0.201 e. The van der Waals surface area contributed by atoms with Crippen LogP contribution in [0.4, 0.5) is 0 Å². The first-order chi connectivity index (χ1) is 19.1. The Balaban J connectivity index is 1.38. The first-order valence-corrected chi connectivity index (χ1v) is 12.7. The molecule has 5 aromatic rings. The monoisotopic (exact) mass is 519 g/mol. The highest BCUT2D eigenvalue weighted by atomic mass is 16.5. The summed E-state index contributed by atoms with van der Waals surface area (Å²) >= 11 is 0. The molecule has 6 rings (SSSR count). The van der Waals surface area contributed by atoms with Crippen LogP contribution < -0.4 is 4.74 Å². The molecule has 11 nitrogen and oxygen atoms in total. The Bertz CT molecular complexity index is 1710. The lowest BCUT2D eigenvalue weighted by Gasteiger charge is -2.28. The first kappa shape index (κ1) is 24.2. The van der Waals surface area contributed by atoms with Gasteiger partial charge >= 0.3 is 0 Å². The molecule has 1 fully saturated rings. The Kier molecular flexibility index (Phi) is 6.17. The van der Waals surface area contributed by atoms with Gasteiger partial charge in [0, 0.05) is 41.9 Å². The molecule has 1 aliphatic heterocycles.